The van der Waals surface area contributed by atoms with Crippen LogP contribution in [0.25, 0.3) is 0 Å². The number of hydrogen-bond donors (Lipinski definition) is 0. The zero-order valence-electron chi connectivity index (χ0n) is 21.7. The summed E-state index contributed by atoms with van der Waals surface area (Å²) in [4.78, 5) is 2.13. The molecule has 5 rings (SSSR count). The summed E-state index contributed by atoms with van der Waals surface area (Å²) in [5, 5.41) is 0. The number of hydrogen-bond acceptors (Lipinski definition) is 6. The van der Waals surface area contributed by atoms with Gasteiger partial charge in [0.15, 0.2) is 17.3 Å². The Balaban J connectivity index is 1.61. The van der Waals surface area contributed by atoms with Crippen molar-refractivity contribution in [3.05, 3.63) is 125 Å². The molecule has 1 heterocycles. The van der Waals surface area contributed by atoms with Crippen molar-refractivity contribution in [1.82, 2.24) is 0 Å². The Labute approximate surface area is 224 Å². The van der Waals surface area contributed by atoms with Crippen molar-refractivity contribution in [2.45, 2.75) is 25.4 Å². The highest BCUT2D eigenvalue weighted by molar-refractivity contribution is 7.54. The lowest BCUT2D eigenvalue weighted by atomic mass is 9.98. The van der Waals surface area contributed by atoms with E-state index >= 15 is 4.57 Å². The van der Waals surface area contributed by atoms with E-state index in [1.165, 1.54) is 0 Å². The number of benzene rings is 4. The molecule has 0 bridgehead atoms. The molecule has 4 aromatic carbocycles. The maximum absolute atomic E-state index is 15.1. The van der Waals surface area contributed by atoms with Crippen LogP contribution in [0.4, 0.5) is 5.69 Å². The standard InChI is InChI=1S/C31H32NO5P/c1-34-29-20-26-18-19-32(27-16-10-5-11-17-27)31(28(26)21-30(29)35-2)38(33,36-22-24-12-6-3-7-13-24)37-23-25-14-8-4-9-15-25/h3-17,20-21,31H,18-19,22-23H2,1-2H3. The first-order chi connectivity index (χ1) is 18.6. The predicted molar refractivity (Wildman–Crippen MR) is 150 cm³/mol. The van der Waals surface area contributed by atoms with E-state index in [0.29, 0.717) is 18.0 Å². The van der Waals surface area contributed by atoms with E-state index in [-0.39, 0.29) is 13.2 Å². The SMILES string of the molecule is COc1cc2c(cc1OC)C(P(=O)(OCc1ccccc1)OCc1ccccc1)N(c1ccccc1)CC2. The molecule has 0 radical (unpaired) electrons. The zero-order chi connectivity index (χ0) is 26.4. The van der Waals surface area contributed by atoms with Crippen LogP contribution >= 0.6 is 7.60 Å². The Kier molecular flexibility index (Phi) is 8.14. The fraction of sp³-hybridized carbons (Fsp3) is 0.226. The number of ether oxygens (including phenoxy) is 2. The Morgan fingerprint density at radius 1 is 0.737 bits per heavy atom. The number of methoxy groups -OCH3 is 2. The maximum atomic E-state index is 15.1. The summed E-state index contributed by atoms with van der Waals surface area (Å²) >= 11 is 0. The maximum Gasteiger partial charge on any atom is 0.358 e. The molecule has 1 aliphatic heterocycles. The molecule has 0 N–H and O–H groups in total. The monoisotopic (exact) mass is 529 g/mol. The second-order valence-electron chi connectivity index (χ2n) is 9.12. The molecule has 1 unspecified atom stereocenters. The highest BCUT2D eigenvalue weighted by atomic mass is 31.2. The number of nitrogens with zero attached hydrogens (tertiary/aromatic N) is 1. The minimum absolute atomic E-state index is 0.161. The van der Waals surface area contributed by atoms with Gasteiger partial charge in [0, 0.05) is 12.2 Å². The summed E-state index contributed by atoms with van der Waals surface area (Å²) in [7, 11) is -0.576. The number of fused-ring (bicyclic) bond motifs is 1. The molecule has 0 saturated carbocycles. The van der Waals surface area contributed by atoms with Crippen LogP contribution in [0.15, 0.2) is 103 Å². The third kappa shape index (κ3) is 5.63. The third-order valence-electron chi connectivity index (χ3n) is 6.74. The van der Waals surface area contributed by atoms with Crippen molar-refractivity contribution in [3.8, 4) is 11.5 Å². The molecular weight excluding hydrogens is 497 g/mol. The van der Waals surface area contributed by atoms with Gasteiger partial charge in [-0.3, -0.25) is 4.57 Å². The van der Waals surface area contributed by atoms with E-state index in [2.05, 4.69) is 4.90 Å². The van der Waals surface area contributed by atoms with Gasteiger partial charge in [0.25, 0.3) is 0 Å². The van der Waals surface area contributed by atoms with Crippen LogP contribution in [-0.4, -0.2) is 20.8 Å². The molecule has 0 spiro atoms. The fourth-order valence-electron chi connectivity index (χ4n) is 4.81. The third-order valence-corrected chi connectivity index (χ3v) is 8.87. The fourth-order valence-corrected chi connectivity index (χ4v) is 7.00. The normalized spacial score (nSPS) is 15.1. The molecule has 1 atom stereocenters. The highest BCUT2D eigenvalue weighted by Gasteiger charge is 2.45. The molecule has 196 valence electrons. The van der Waals surface area contributed by atoms with Crippen molar-refractivity contribution in [2.24, 2.45) is 0 Å². The Morgan fingerprint density at radius 3 is 1.76 bits per heavy atom. The lowest BCUT2D eigenvalue weighted by Crippen LogP contribution is -2.36. The Bertz CT molecular complexity index is 1330. The average molecular weight is 530 g/mol. The number of para-hydroxylation sites is 1. The molecule has 4 aromatic rings. The molecule has 0 aliphatic carbocycles. The molecule has 38 heavy (non-hydrogen) atoms. The van der Waals surface area contributed by atoms with Crippen LogP contribution < -0.4 is 14.4 Å². The van der Waals surface area contributed by atoms with Gasteiger partial charge in [0.2, 0.25) is 0 Å². The zero-order valence-corrected chi connectivity index (χ0v) is 22.6. The quantitative estimate of drug-likeness (QED) is 0.200. The van der Waals surface area contributed by atoms with Gasteiger partial charge in [0.1, 0.15) is 0 Å². The number of anilines is 1. The minimum Gasteiger partial charge on any atom is -0.493 e. The van der Waals surface area contributed by atoms with Gasteiger partial charge >= 0.3 is 7.60 Å². The Morgan fingerprint density at radius 2 is 1.24 bits per heavy atom. The molecule has 0 saturated heterocycles. The molecule has 7 heteroatoms. The van der Waals surface area contributed by atoms with Crippen LogP contribution in [-0.2, 0) is 33.2 Å². The summed E-state index contributed by atoms with van der Waals surface area (Å²) in [6.07, 6.45) is 0.748. The summed E-state index contributed by atoms with van der Waals surface area (Å²) in [6.45, 7) is 0.966. The van der Waals surface area contributed by atoms with E-state index in [1.54, 1.807) is 14.2 Å². The van der Waals surface area contributed by atoms with Crippen molar-refractivity contribution >= 4 is 13.3 Å². The predicted octanol–water partition coefficient (Wildman–Crippen LogP) is 7.39. The molecular formula is C31H32NO5P. The second kappa shape index (κ2) is 11.9. The highest BCUT2D eigenvalue weighted by Crippen LogP contribution is 2.65. The molecule has 1 aliphatic rings. The molecule has 6 nitrogen and oxygen atoms in total. The molecule has 0 amide bonds. The minimum atomic E-state index is -3.80. The molecule has 0 aromatic heterocycles. The topological polar surface area (TPSA) is 57.2 Å². The van der Waals surface area contributed by atoms with E-state index in [1.807, 2.05) is 103 Å². The second-order valence-corrected chi connectivity index (χ2v) is 11.2. The first-order valence-corrected chi connectivity index (χ1v) is 14.3. The number of rotatable bonds is 10. The van der Waals surface area contributed by atoms with Gasteiger partial charge < -0.3 is 23.4 Å². The van der Waals surface area contributed by atoms with E-state index in [4.69, 9.17) is 18.5 Å². The van der Waals surface area contributed by atoms with E-state index in [9.17, 15) is 0 Å². The van der Waals surface area contributed by atoms with Crippen molar-refractivity contribution < 1.29 is 23.1 Å². The van der Waals surface area contributed by atoms with Gasteiger partial charge in [-0.05, 0) is 52.9 Å². The summed E-state index contributed by atoms with van der Waals surface area (Å²) in [6, 6.07) is 33.4. The lowest BCUT2D eigenvalue weighted by molar-refractivity contribution is 0.182. The largest absolute Gasteiger partial charge is 0.493 e. The van der Waals surface area contributed by atoms with Crippen LogP contribution in [0.3, 0.4) is 0 Å². The van der Waals surface area contributed by atoms with Gasteiger partial charge in [-0.15, -0.1) is 0 Å². The van der Waals surface area contributed by atoms with Gasteiger partial charge in [0.05, 0.1) is 27.4 Å². The van der Waals surface area contributed by atoms with Crippen LogP contribution in [0.1, 0.15) is 28.0 Å². The first-order valence-electron chi connectivity index (χ1n) is 12.6. The van der Waals surface area contributed by atoms with Crippen molar-refractivity contribution in [3.63, 3.8) is 0 Å². The van der Waals surface area contributed by atoms with E-state index in [0.717, 1.165) is 34.4 Å². The van der Waals surface area contributed by atoms with Crippen LogP contribution in [0.2, 0.25) is 0 Å². The van der Waals surface area contributed by atoms with Crippen LogP contribution in [0, 0.1) is 0 Å². The first kappa shape index (κ1) is 26.1. The summed E-state index contributed by atoms with van der Waals surface area (Å²) in [5.41, 5.74) is 4.68. The molecule has 0 fully saturated rings. The smallest absolute Gasteiger partial charge is 0.358 e. The summed E-state index contributed by atoms with van der Waals surface area (Å²) in [5.74, 6) is 0.535. The van der Waals surface area contributed by atoms with Crippen molar-refractivity contribution in [2.75, 3.05) is 25.7 Å². The average Bonchev–Trinajstić information content (AvgIpc) is 2.99. The lowest BCUT2D eigenvalue weighted by Gasteiger charge is -2.42. The van der Waals surface area contributed by atoms with Crippen LogP contribution in [0.5, 0.6) is 11.5 Å². The van der Waals surface area contributed by atoms with Crippen molar-refractivity contribution in [1.29, 1.82) is 0 Å². The van der Waals surface area contributed by atoms with Gasteiger partial charge in [-0.2, -0.15) is 0 Å². The Hall–Kier alpha value is -3.57. The van der Waals surface area contributed by atoms with Gasteiger partial charge in [-0.25, -0.2) is 0 Å². The summed E-state index contributed by atoms with van der Waals surface area (Å²) < 4.78 is 39.0. The van der Waals surface area contributed by atoms with E-state index < -0.39 is 13.4 Å². The van der Waals surface area contributed by atoms with Gasteiger partial charge in [-0.1, -0.05) is 78.9 Å².